The zero-order valence-corrected chi connectivity index (χ0v) is 10.0. The van der Waals surface area contributed by atoms with Gasteiger partial charge in [-0.1, -0.05) is 13.8 Å². The lowest BCUT2D eigenvalue weighted by atomic mass is 9.99. The molecule has 1 aliphatic rings. The Balaban J connectivity index is 2.17. The molecule has 1 saturated heterocycles. The summed E-state index contributed by atoms with van der Waals surface area (Å²) in [7, 11) is 0. The highest BCUT2D eigenvalue weighted by molar-refractivity contribution is 4.78. The van der Waals surface area contributed by atoms with Crippen molar-refractivity contribution in [3.8, 4) is 0 Å². The average Bonchev–Trinajstić information content (AvgIpc) is 2.01. The van der Waals surface area contributed by atoms with Gasteiger partial charge in [-0.2, -0.15) is 0 Å². The van der Waals surface area contributed by atoms with E-state index in [1.807, 2.05) is 0 Å². The van der Waals surface area contributed by atoms with Gasteiger partial charge in [0.15, 0.2) is 0 Å². The molecular weight excluding hydrogens is 174 g/mol. The van der Waals surface area contributed by atoms with Gasteiger partial charge in [0.1, 0.15) is 0 Å². The summed E-state index contributed by atoms with van der Waals surface area (Å²) in [6, 6.07) is 0.674. The van der Waals surface area contributed by atoms with E-state index >= 15 is 0 Å². The van der Waals surface area contributed by atoms with Crippen molar-refractivity contribution in [2.45, 2.75) is 65.2 Å². The molecule has 0 amide bonds. The van der Waals surface area contributed by atoms with Gasteiger partial charge in [-0.3, -0.25) is 0 Å². The SMILES string of the molecule is CC(C)CCNC1C[C@@H](C)O[C@H](C)C1. The summed E-state index contributed by atoms with van der Waals surface area (Å²) in [4.78, 5) is 0. The summed E-state index contributed by atoms with van der Waals surface area (Å²) in [5.74, 6) is 0.803. The van der Waals surface area contributed by atoms with Crippen molar-refractivity contribution >= 4 is 0 Å². The summed E-state index contributed by atoms with van der Waals surface area (Å²) < 4.78 is 5.70. The summed E-state index contributed by atoms with van der Waals surface area (Å²) in [5.41, 5.74) is 0. The van der Waals surface area contributed by atoms with E-state index in [1.165, 1.54) is 19.3 Å². The quantitative estimate of drug-likeness (QED) is 0.751. The molecule has 2 heteroatoms. The van der Waals surface area contributed by atoms with Crippen LogP contribution in [0.2, 0.25) is 0 Å². The molecule has 1 fully saturated rings. The second-order valence-corrected chi connectivity index (χ2v) is 5.06. The van der Waals surface area contributed by atoms with Crippen molar-refractivity contribution in [1.82, 2.24) is 5.32 Å². The highest BCUT2D eigenvalue weighted by atomic mass is 16.5. The average molecular weight is 199 g/mol. The molecule has 0 aromatic rings. The van der Waals surface area contributed by atoms with E-state index in [0.29, 0.717) is 18.2 Å². The van der Waals surface area contributed by atoms with E-state index < -0.39 is 0 Å². The van der Waals surface area contributed by atoms with Crippen LogP contribution in [-0.2, 0) is 4.74 Å². The smallest absolute Gasteiger partial charge is 0.0565 e. The van der Waals surface area contributed by atoms with Gasteiger partial charge in [-0.25, -0.2) is 0 Å². The minimum Gasteiger partial charge on any atom is -0.375 e. The Morgan fingerprint density at radius 2 is 1.79 bits per heavy atom. The predicted octanol–water partition coefficient (Wildman–Crippen LogP) is 2.58. The van der Waals surface area contributed by atoms with Crippen LogP contribution >= 0.6 is 0 Å². The van der Waals surface area contributed by atoms with Crippen molar-refractivity contribution in [1.29, 1.82) is 0 Å². The zero-order chi connectivity index (χ0) is 10.6. The molecule has 0 aliphatic carbocycles. The van der Waals surface area contributed by atoms with Crippen LogP contribution in [0.1, 0.15) is 47.0 Å². The van der Waals surface area contributed by atoms with E-state index in [-0.39, 0.29) is 0 Å². The van der Waals surface area contributed by atoms with Gasteiger partial charge in [0.2, 0.25) is 0 Å². The first kappa shape index (κ1) is 12.0. The molecular formula is C12H25NO. The van der Waals surface area contributed by atoms with Gasteiger partial charge >= 0.3 is 0 Å². The summed E-state index contributed by atoms with van der Waals surface area (Å²) in [5, 5.41) is 3.63. The summed E-state index contributed by atoms with van der Waals surface area (Å²) in [6.45, 7) is 10.1. The summed E-state index contributed by atoms with van der Waals surface area (Å²) in [6.07, 6.45) is 4.47. The van der Waals surface area contributed by atoms with E-state index in [1.54, 1.807) is 0 Å². The standard InChI is InChI=1S/C12H25NO/c1-9(2)5-6-13-12-7-10(3)14-11(4)8-12/h9-13H,5-8H2,1-4H3/t10-,11-/m1/s1. The van der Waals surface area contributed by atoms with Crippen LogP contribution in [-0.4, -0.2) is 24.8 Å². The minimum atomic E-state index is 0.426. The second-order valence-electron chi connectivity index (χ2n) is 5.06. The zero-order valence-electron chi connectivity index (χ0n) is 10.0. The molecule has 2 nitrogen and oxygen atoms in total. The van der Waals surface area contributed by atoms with Crippen LogP contribution in [0.4, 0.5) is 0 Å². The minimum absolute atomic E-state index is 0.426. The topological polar surface area (TPSA) is 21.3 Å². The molecule has 0 aromatic carbocycles. The molecule has 1 heterocycles. The molecule has 1 N–H and O–H groups in total. The van der Waals surface area contributed by atoms with Gasteiger partial charge in [-0.15, -0.1) is 0 Å². The van der Waals surface area contributed by atoms with Crippen molar-refractivity contribution in [2.24, 2.45) is 5.92 Å². The van der Waals surface area contributed by atoms with Gasteiger partial charge < -0.3 is 10.1 Å². The fraction of sp³-hybridized carbons (Fsp3) is 1.00. The molecule has 0 radical (unpaired) electrons. The molecule has 1 rings (SSSR count). The highest BCUT2D eigenvalue weighted by Gasteiger charge is 2.23. The lowest BCUT2D eigenvalue weighted by Gasteiger charge is -2.32. The van der Waals surface area contributed by atoms with Gasteiger partial charge in [0.05, 0.1) is 12.2 Å². The normalized spacial score (nSPS) is 33.6. The maximum Gasteiger partial charge on any atom is 0.0565 e. The van der Waals surface area contributed by atoms with E-state index in [4.69, 9.17) is 4.74 Å². The molecule has 1 aliphatic heterocycles. The Morgan fingerprint density at radius 1 is 1.21 bits per heavy atom. The molecule has 0 unspecified atom stereocenters. The molecule has 0 aromatic heterocycles. The molecule has 14 heavy (non-hydrogen) atoms. The van der Waals surface area contributed by atoms with Crippen LogP contribution in [0, 0.1) is 5.92 Å². The van der Waals surface area contributed by atoms with Crippen molar-refractivity contribution in [3.63, 3.8) is 0 Å². The Hall–Kier alpha value is -0.0800. The fourth-order valence-electron chi connectivity index (χ4n) is 2.15. The first-order valence-corrected chi connectivity index (χ1v) is 5.96. The number of hydrogen-bond donors (Lipinski definition) is 1. The van der Waals surface area contributed by atoms with Crippen LogP contribution < -0.4 is 5.32 Å². The Labute approximate surface area is 88.4 Å². The highest BCUT2D eigenvalue weighted by Crippen LogP contribution is 2.18. The number of hydrogen-bond acceptors (Lipinski definition) is 2. The van der Waals surface area contributed by atoms with Crippen LogP contribution in [0.25, 0.3) is 0 Å². The fourth-order valence-corrected chi connectivity index (χ4v) is 2.15. The summed E-state index contributed by atoms with van der Waals surface area (Å²) >= 11 is 0. The van der Waals surface area contributed by atoms with Crippen molar-refractivity contribution in [2.75, 3.05) is 6.54 Å². The van der Waals surface area contributed by atoms with Gasteiger partial charge in [-0.05, 0) is 45.6 Å². The monoisotopic (exact) mass is 199 g/mol. The predicted molar refractivity (Wildman–Crippen MR) is 60.5 cm³/mol. The van der Waals surface area contributed by atoms with Crippen molar-refractivity contribution < 1.29 is 4.74 Å². The lowest BCUT2D eigenvalue weighted by molar-refractivity contribution is -0.0420. The Bertz CT molecular complexity index is 148. The first-order chi connectivity index (χ1) is 6.58. The van der Waals surface area contributed by atoms with Gasteiger partial charge in [0.25, 0.3) is 0 Å². The maximum absolute atomic E-state index is 5.70. The first-order valence-electron chi connectivity index (χ1n) is 5.96. The second kappa shape index (κ2) is 5.72. The third kappa shape index (κ3) is 4.43. The van der Waals surface area contributed by atoms with E-state index in [9.17, 15) is 0 Å². The number of rotatable bonds is 4. The lowest BCUT2D eigenvalue weighted by Crippen LogP contribution is -2.41. The van der Waals surface area contributed by atoms with Crippen LogP contribution in [0.15, 0.2) is 0 Å². The van der Waals surface area contributed by atoms with E-state index in [2.05, 4.69) is 33.0 Å². The molecule has 2 atom stereocenters. The molecule has 0 spiro atoms. The Morgan fingerprint density at radius 3 is 2.29 bits per heavy atom. The number of nitrogens with one attached hydrogen (secondary N) is 1. The van der Waals surface area contributed by atoms with Crippen molar-refractivity contribution in [3.05, 3.63) is 0 Å². The molecule has 0 bridgehead atoms. The van der Waals surface area contributed by atoms with Gasteiger partial charge in [0, 0.05) is 6.04 Å². The van der Waals surface area contributed by atoms with Crippen LogP contribution in [0.5, 0.6) is 0 Å². The molecule has 0 saturated carbocycles. The number of ether oxygens (including phenoxy) is 1. The molecule has 84 valence electrons. The van der Waals surface area contributed by atoms with E-state index in [0.717, 1.165) is 12.5 Å². The van der Waals surface area contributed by atoms with Crippen LogP contribution in [0.3, 0.4) is 0 Å². The third-order valence-electron chi connectivity index (χ3n) is 2.85. The largest absolute Gasteiger partial charge is 0.375 e. The third-order valence-corrected chi connectivity index (χ3v) is 2.85. The maximum atomic E-state index is 5.70. The Kier molecular flexibility index (Phi) is 4.90.